The van der Waals surface area contributed by atoms with E-state index in [0.29, 0.717) is 0 Å². The van der Waals surface area contributed by atoms with Gasteiger partial charge in [0.15, 0.2) is 0 Å². The van der Waals surface area contributed by atoms with E-state index in [1.807, 2.05) is 30.3 Å². The third-order valence-electron chi connectivity index (χ3n) is 16.8. The minimum absolute atomic E-state index is 0.328. The second kappa shape index (κ2) is 27.5. The van der Waals surface area contributed by atoms with Gasteiger partial charge in [-0.05, 0) is 193 Å². The van der Waals surface area contributed by atoms with Crippen molar-refractivity contribution in [1.82, 2.24) is 0 Å². The Labute approximate surface area is 542 Å². The van der Waals surface area contributed by atoms with Gasteiger partial charge in [-0.25, -0.2) is 0 Å². The van der Waals surface area contributed by atoms with Crippen LogP contribution in [0.15, 0.2) is 343 Å². The molecule has 14 rings (SSSR count). The molecule has 0 atom stereocenters. The van der Waals surface area contributed by atoms with Crippen LogP contribution in [0.3, 0.4) is 0 Å². The summed E-state index contributed by atoms with van der Waals surface area (Å²) in [6.07, 6.45) is 0. The van der Waals surface area contributed by atoms with Crippen LogP contribution in [0.5, 0.6) is 0 Å². The van der Waals surface area contributed by atoms with Crippen LogP contribution >= 0.6 is 31.9 Å². The molecule has 0 spiro atoms. The Kier molecular flexibility index (Phi) is 18.5. The first kappa shape index (κ1) is 60.1. The lowest BCUT2D eigenvalue weighted by Crippen LogP contribution is -2.41. The molecule has 0 aliphatic carbocycles. The normalized spacial score (nSPS) is 12.9. The first-order chi connectivity index (χ1) is 43.4. The molecule has 13 aromatic rings. The minimum Gasteiger partial charge on any atom is -0.399 e. The van der Waals surface area contributed by atoms with Crippen molar-refractivity contribution in [1.29, 1.82) is 0 Å². The Hall–Kier alpha value is -9.20. The van der Waals surface area contributed by atoms with Gasteiger partial charge in [-0.2, -0.15) is 0 Å². The molecule has 0 saturated carbocycles. The van der Waals surface area contributed by atoms with Crippen LogP contribution in [-0.2, 0) is 9.31 Å². The fourth-order valence-electron chi connectivity index (χ4n) is 11.2. The van der Waals surface area contributed by atoms with E-state index in [0.717, 1.165) is 14.4 Å². The van der Waals surface area contributed by atoms with Crippen LogP contribution < -0.4 is 5.46 Å². The lowest BCUT2D eigenvalue weighted by atomic mass is 9.78. The smallest absolute Gasteiger partial charge is 0.399 e. The molecule has 89 heavy (non-hydrogen) atoms. The van der Waals surface area contributed by atoms with E-state index in [2.05, 4.69) is 363 Å². The quantitative estimate of drug-likeness (QED) is 0.120. The Morgan fingerprint density at radius 3 is 0.663 bits per heavy atom. The molecule has 1 aliphatic heterocycles. The average Bonchev–Trinajstić information content (AvgIpc) is 2.65. The second-order valence-electron chi connectivity index (χ2n) is 23.4. The molecule has 13 aromatic carbocycles. The molecule has 0 N–H and O–H groups in total. The standard InChI is InChI=1S/C48H34.C24H25BO2.C12H8Br2/c1-3-11-35(12-4-1)37-23-27-39(28-24-37)41-15-7-17-43(31-41)45-19-9-21-47(33-45)48-22-10-20-46(34-48)44-18-8-16-42(32-44)40-29-25-38(26-30-40)36-13-5-2-6-14-36;1-23(2)24(3,4)27-25(26-23)22-12-8-11-21(17-22)20-15-13-19(14-16-20)18-9-6-5-7-10-18;13-11-5-1-3-9(7-11)10-4-2-6-12(14)8-10/h1-34H;5-17H,1-4H3;1-8H. The highest BCUT2D eigenvalue weighted by atomic mass is 79.9. The summed E-state index contributed by atoms with van der Waals surface area (Å²) in [5, 5.41) is 0. The Morgan fingerprint density at radius 1 is 0.202 bits per heavy atom. The van der Waals surface area contributed by atoms with E-state index in [1.54, 1.807) is 0 Å². The third-order valence-corrected chi connectivity index (χ3v) is 17.8. The highest BCUT2D eigenvalue weighted by Crippen LogP contribution is 2.38. The number of halogens is 2. The zero-order valence-electron chi connectivity index (χ0n) is 50.4. The predicted octanol–water partition coefficient (Wildman–Crippen LogP) is 23.6. The fraction of sp³-hybridized carbons (Fsp3) is 0.0714. The summed E-state index contributed by atoms with van der Waals surface area (Å²) in [5.74, 6) is 0. The van der Waals surface area contributed by atoms with Crippen LogP contribution in [0.4, 0.5) is 0 Å². The van der Waals surface area contributed by atoms with Crippen LogP contribution in [0.2, 0.25) is 0 Å². The molecular weight excluding hydrogens is 1210 g/mol. The van der Waals surface area contributed by atoms with Crippen LogP contribution in [0, 0.1) is 0 Å². The lowest BCUT2D eigenvalue weighted by molar-refractivity contribution is 0.00578. The summed E-state index contributed by atoms with van der Waals surface area (Å²) in [6, 6.07) is 118. The summed E-state index contributed by atoms with van der Waals surface area (Å²) in [5.41, 5.74) is 24.7. The third kappa shape index (κ3) is 14.7. The monoisotopic (exact) mass is 1280 g/mol. The van der Waals surface area contributed by atoms with Crippen LogP contribution in [0.1, 0.15) is 27.7 Å². The van der Waals surface area contributed by atoms with Crippen LogP contribution in [-0.4, -0.2) is 18.3 Å². The van der Waals surface area contributed by atoms with Gasteiger partial charge in [0.05, 0.1) is 11.2 Å². The van der Waals surface area contributed by atoms with Gasteiger partial charge >= 0.3 is 7.12 Å². The summed E-state index contributed by atoms with van der Waals surface area (Å²) in [4.78, 5) is 0. The molecule has 2 nitrogen and oxygen atoms in total. The molecule has 1 heterocycles. The van der Waals surface area contributed by atoms with Gasteiger partial charge < -0.3 is 9.31 Å². The summed E-state index contributed by atoms with van der Waals surface area (Å²) >= 11 is 6.93. The summed E-state index contributed by atoms with van der Waals surface area (Å²) in [6.45, 7) is 8.33. The molecule has 0 amide bonds. The molecule has 432 valence electrons. The van der Waals surface area contributed by atoms with Gasteiger partial charge in [-0.3, -0.25) is 0 Å². The highest BCUT2D eigenvalue weighted by molar-refractivity contribution is 9.10. The molecular formula is C84H67BBr2O2. The maximum absolute atomic E-state index is 6.20. The minimum atomic E-state index is -0.335. The van der Waals surface area contributed by atoms with Gasteiger partial charge in [0, 0.05) is 8.95 Å². The summed E-state index contributed by atoms with van der Waals surface area (Å²) in [7, 11) is -0.335. The van der Waals surface area contributed by atoms with Gasteiger partial charge in [0.2, 0.25) is 0 Å². The molecule has 1 aliphatic rings. The molecule has 1 saturated heterocycles. The van der Waals surface area contributed by atoms with Crippen molar-refractivity contribution in [3.05, 3.63) is 343 Å². The van der Waals surface area contributed by atoms with Gasteiger partial charge in [0.25, 0.3) is 0 Å². The van der Waals surface area contributed by atoms with E-state index >= 15 is 0 Å². The molecule has 1 fully saturated rings. The average molecular weight is 1280 g/mol. The lowest BCUT2D eigenvalue weighted by Gasteiger charge is -2.32. The van der Waals surface area contributed by atoms with Crippen molar-refractivity contribution in [2.24, 2.45) is 0 Å². The van der Waals surface area contributed by atoms with E-state index in [4.69, 9.17) is 9.31 Å². The second-order valence-corrected chi connectivity index (χ2v) is 25.2. The van der Waals surface area contributed by atoms with E-state index in [-0.39, 0.29) is 18.3 Å². The van der Waals surface area contributed by atoms with Gasteiger partial charge in [-0.15, -0.1) is 0 Å². The SMILES string of the molecule is Brc1cccc(-c2cccc(Br)c2)c1.CC1(C)OB(c2cccc(-c3ccc(-c4ccccc4)cc3)c2)OC1(C)C.c1ccc(-c2ccc(-c3cccc(-c4cccc(-c5cccc(-c6cccc(-c7ccc(-c8ccccc8)cc7)c6)c5)c4)c3)cc2)cc1. The van der Waals surface area contributed by atoms with E-state index < -0.39 is 0 Å². The van der Waals surface area contributed by atoms with Crippen molar-refractivity contribution in [3.8, 4) is 111 Å². The molecule has 0 bridgehead atoms. The zero-order valence-corrected chi connectivity index (χ0v) is 53.6. The van der Waals surface area contributed by atoms with Crippen molar-refractivity contribution in [3.63, 3.8) is 0 Å². The number of hydrogen-bond acceptors (Lipinski definition) is 2. The fourth-order valence-corrected chi connectivity index (χ4v) is 11.9. The molecule has 0 radical (unpaired) electrons. The Balaban J connectivity index is 0.000000156. The number of rotatable bonds is 11. The van der Waals surface area contributed by atoms with Crippen molar-refractivity contribution < 1.29 is 9.31 Å². The Bertz CT molecular complexity index is 4260. The molecule has 0 unspecified atom stereocenters. The molecule has 0 aromatic heterocycles. The van der Waals surface area contributed by atoms with Crippen molar-refractivity contribution in [2.45, 2.75) is 38.9 Å². The number of hydrogen-bond donors (Lipinski definition) is 0. The predicted molar refractivity (Wildman–Crippen MR) is 385 cm³/mol. The largest absolute Gasteiger partial charge is 0.494 e. The zero-order chi connectivity index (χ0) is 61.2. The number of benzene rings is 13. The maximum Gasteiger partial charge on any atom is 0.494 e. The van der Waals surface area contributed by atoms with E-state index in [9.17, 15) is 0 Å². The van der Waals surface area contributed by atoms with Crippen molar-refractivity contribution in [2.75, 3.05) is 0 Å². The molecule has 5 heteroatoms. The van der Waals surface area contributed by atoms with Crippen LogP contribution in [0.25, 0.3) is 111 Å². The van der Waals surface area contributed by atoms with Crippen molar-refractivity contribution >= 4 is 44.4 Å². The maximum atomic E-state index is 6.20. The topological polar surface area (TPSA) is 18.5 Å². The summed E-state index contributed by atoms with van der Waals surface area (Å²) < 4.78 is 14.6. The first-order valence-corrected chi connectivity index (χ1v) is 31.8. The first-order valence-electron chi connectivity index (χ1n) is 30.2. The highest BCUT2D eigenvalue weighted by Gasteiger charge is 2.51. The Morgan fingerprint density at radius 2 is 0.393 bits per heavy atom. The van der Waals surface area contributed by atoms with Gasteiger partial charge in [0.1, 0.15) is 0 Å². The van der Waals surface area contributed by atoms with E-state index in [1.165, 1.54) is 111 Å². The van der Waals surface area contributed by atoms with Gasteiger partial charge in [-0.1, -0.05) is 317 Å².